The Morgan fingerprint density at radius 2 is 1.88 bits per heavy atom. The highest BCUT2D eigenvalue weighted by atomic mass is 27.0. The van der Waals surface area contributed by atoms with E-state index in [2.05, 4.69) is 16.3 Å². The van der Waals surface area contributed by atoms with Crippen LogP contribution in [-0.4, -0.2) is 16.3 Å². The van der Waals surface area contributed by atoms with Gasteiger partial charge in [0.2, 0.25) is 0 Å². The van der Waals surface area contributed by atoms with Gasteiger partial charge < -0.3 is 5.73 Å². The molecule has 0 aromatic heterocycles. The summed E-state index contributed by atoms with van der Waals surface area (Å²) in [5.41, 5.74) is 6.33. The van der Waals surface area contributed by atoms with E-state index in [1.54, 1.807) is 0 Å². The molecule has 1 aromatic carbocycles. The number of nitrogens with two attached hydrogens (primary N) is 1. The van der Waals surface area contributed by atoms with E-state index in [0.717, 1.165) is 10.1 Å². The largest absolute Gasteiger partial charge is 0.400 e. The van der Waals surface area contributed by atoms with Gasteiger partial charge in [-0.1, -0.05) is 18.2 Å². The highest BCUT2D eigenvalue weighted by molar-refractivity contribution is 6.35. The topological polar surface area (TPSA) is 26.0 Å². The lowest BCUT2D eigenvalue weighted by molar-refractivity contribution is 1.74. The average Bonchev–Trinajstić information content (AvgIpc) is 1.77. The van der Waals surface area contributed by atoms with E-state index >= 15 is 0 Å². The molecule has 0 fully saturated rings. The van der Waals surface area contributed by atoms with Crippen LogP contribution in [0.1, 0.15) is 0 Å². The van der Waals surface area contributed by atoms with Crippen LogP contribution in [0.15, 0.2) is 24.3 Å². The molecule has 0 aliphatic carbocycles. The van der Waals surface area contributed by atoms with Crippen LogP contribution in [0, 0.1) is 0 Å². The summed E-state index contributed by atoms with van der Waals surface area (Å²) in [4.78, 5) is 0. The molecule has 0 atom stereocenters. The maximum absolute atomic E-state index is 5.50. The van der Waals surface area contributed by atoms with Crippen LogP contribution in [0.5, 0.6) is 0 Å². The summed E-state index contributed by atoms with van der Waals surface area (Å²) in [6.07, 6.45) is 0. The van der Waals surface area contributed by atoms with E-state index in [9.17, 15) is 0 Å². The van der Waals surface area contributed by atoms with E-state index < -0.39 is 0 Å². The smallest absolute Gasteiger partial charge is 0.179 e. The van der Waals surface area contributed by atoms with Crippen LogP contribution in [0.4, 0.5) is 5.69 Å². The van der Waals surface area contributed by atoms with Crippen molar-refractivity contribution < 1.29 is 0 Å². The van der Waals surface area contributed by atoms with E-state index in [-0.39, 0.29) is 0 Å². The van der Waals surface area contributed by atoms with Crippen molar-refractivity contribution in [2.45, 2.75) is 0 Å². The zero-order valence-corrected chi connectivity index (χ0v) is 5.62. The zero-order chi connectivity index (χ0) is 5.98. The lowest BCUT2D eigenvalue weighted by Crippen LogP contribution is -2.07. The molecule has 8 heavy (non-hydrogen) atoms. The van der Waals surface area contributed by atoms with Gasteiger partial charge in [0.05, 0.1) is 0 Å². The summed E-state index contributed by atoms with van der Waals surface area (Å²) < 4.78 is 1.06. The molecule has 1 rings (SSSR count). The van der Waals surface area contributed by atoms with Crippen LogP contribution in [0.2, 0.25) is 0 Å². The van der Waals surface area contributed by atoms with Gasteiger partial charge in [-0.3, -0.25) is 0 Å². The minimum atomic E-state index is 0.831. The van der Waals surface area contributed by atoms with E-state index in [4.69, 9.17) is 5.73 Å². The number of rotatable bonds is 0. The quantitative estimate of drug-likeness (QED) is 0.379. The predicted molar refractivity (Wildman–Crippen MR) is 36.2 cm³/mol. The second kappa shape index (κ2) is 2.21. The fourth-order valence-electron chi connectivity index (χ4n) is 0.511. The maximum Gasteiger partial charge on any atom is 0.179 e. The summed E-state index contributed by atoms with van der Waals surface area (Å²) >= 11 is 2.56. The number of benzene rings is 1. The molecule has 2 radical (unpaired) electrons. The molecule has 0 amide bonds. The number of para-hydroxylation sites is 1. The maximum atomic E-state index is 5.50. The van der Waals surface area contributed by atoms with Gasteiger partial charge >= 0.3 is 0 Å². The van der Waals surface area contributed by atoms with Gasteiger partial charge in [-0.05, 0) is 6.07 Å². The molecule has 0 spiro atoms. The molecule has 0 saturated heterocycles. The Kier molecular flexibility index (Phi) is 1.57. The number of hydrogen-bond donors (Lipinski definition) is 1. The second-order valence-electron chi connectivity index (χ2n) is 1.63. The van der Waals surface area contributed by atoms with Gasteiger partial charge in [0.25, 0.3) is 0 Å². The van der Waals surface area contributed by atoms with Crippen LogP contribution < -0.4 is 10.2 Å². The van der Waals surface area contributed by atoms with Crippen molar-refractivity contribution in [1.82, 2.24) is 0 Å². The first-order chi connectivity index (χ1) is 3.80. The van der Waals surface area contributed by atoms with Crippen LogP contribution in [0.3, 0.4) is 0 Å². The Hall–Kier alpha value is -0.448. The van der Waals surface area contributed by atoms with Crippen LogP contribution >= 0.6 is 0 Å². The highest BCUT2D eigenvalue weighted by Crippen LogP contribution is 1.91. The summed E-state index contributed by atoms with van der Waals surface area (Å²) in [6.45, 7) is 0. The first kappa shape index (κ1) is 5.68. The molecule has 0 heterocycles. The standard InChI is InChI=1S/C6H6N.Al/c7-6-4-2-1-3-5-6;/h1-4H,7H2;. The van der Waals surface area contributed by atoms with Crippen molar-refractivity contribution in [1.29, 1.82) is 0 Å². The number of anilines is 1. The Morgan fingerprint density at radius 1 is 1.25 bits per heavy atom. The Balaban J connectivity index is 3.13. The molecule has 0 bridgehead atoms. The summed E-state index contributed by atoms with van der Waals surface area (Å²) in [6, 6.07) is 7.71. The van der Waals surface area contributed by atoms with Crippen molar-refractivity contribution >= 4 is 26.4 Å². The molecule has 0 aliphatic rings. The fourth-order valence-corrected chi connectivity index (χ4v) is 0.718. The highest BCUT2D eigenvalue weighted by Gasteiger charge is 1.83. The number of nitrogen functional groups attached to an aromatic ring is 1. The summed E-state index contributed by atoms with van der Waals surface area (Å²) in [5.74, 6) is 0. The van der Waals surface area contributed by atoms with Crippen molar-refractivity contribution in [2.75, 3.05) is 5.73 Å². The van der Waals surface area contributed by atoms with Gasteiger partial charge in [-0.25, -0.2) is 0 Å². The molecular weight excluding hydrogens is 113 g/mol. The molecule has 2 heteroatoms. The summed E-state index contributed by atoms with van der Waals surface area (Å²) in [5, 5.41) is 0. The Labute approximate surface area is 56.9 Å². The second-order valence-corrected chi connectivity index (χ2v) is 2.25. The minimum Gasteiger partial charge on any atom is -0.400 e. The monoisotopic (exact) mass is 119 g/mol. The Bertz CT molecular complexity index is 165. The Morgan fingerprint density at radius 3 is 2.25 bits per heavy atom. The molecule has 0 unspecified atom stereocenters. The third kappa shape index (κ3) is 1.03. The van der Waals surface area contributed by atoms with Gasteiger partial charge in [0.1, 0.15) is 0 Å². The first-order valence-corrected chi connectivity index (χ1v) is 2.98. The molecule has 38 valence electrons. The molecule has 0 saturated carbocycles. The van der Waals surface area contributed by atoms with Crippen molar-refractivity contribution in [3.63, 3.8) is 0 Å². The molecule has 0 aliphatic heterocycles. The number of hydrogen-bond acceptors (Lipinski definition) is 1. The predicted octanol–water partition coefficient (Wildman–Crippen LogP) is 0.0626. The third-order valence-electron chi connectivity index (χ3n) is 0.996. The molecular formula is C6H6AlN. The average molecular weight is 119 g/mol. The molecule has 1 aromatic rings. The van der Waals surface area contributed by atoms with Crippen LogP contribution in [-0.2, 0) is 0 Å². The zero-order valence-electron chi connectivity index (χ0n) is 4.46. The lowest BCUT2D eigenvalue weighted by atomic mass is 10.3. The van der Waals surface area contributed by atoms with Gasteiger partial charge in [0.15, 0.2) is 16.3 Å². The normalized spacial score (nSPS) is 9.00. The van der Waals surface area contributed by atoms with Gasteiger partial charge in [-0.2, -0.15) is 0 Å². The third-order valence-corrected chi connectivity index (χ3v) is 1.52. The summed E-state index contributed by atoms with van der Waals surface area (Å²) in [7, 11) is 0. The van der Waals surface area contributed by atoms with E-state index in [1.165, 1.54) is 0 Å². The molecule has 1 nitrogen and oxygen atoms in total. The minimum absolute atomic E-state index is 0.831. The van der Waals surface area contributed by atoms with Crippen molar-refractivity contribution in [2.24, 2.45) is 0 Å². The van der Waals surface area contributed by atoms with E-state index in [1.807, 2.05) is 24.3 Å². The SMILES string of the molecule is Nc1cccc[c]1[Al]. The molecule has 2 N–H and O–H groups in total. The van der Waals surface area contributed by atoms with Crippen molar-refractivity contribution in [3.8, 4) is 0 Å². The lowest BCUT2D eigenvalue weighted by Gasteiger charge is -1.95. The fraction of sp³-hybridized carbons (Fsp3) is 0. The van der Waals surface area contributed by atoms with Crippen molar-refractivity contribution in [3.05, 3.63) is 24.3 Å². The van der Waals surface area contributed by atoms with Gasteiger partial charge in [0, 0.05) is 5.69 Å². The van der Waals surface area contributed by atoms with Crippen LogP contribution in [0.25, 0.3) is 0 Å². The van der Waals surface area contributed by atoms with Gasteiger partial charge in [-0.15, -0.1) is 4.43 Å². The van der Waals surface area contributed by atoms with E-state index in [0.29, 0.717) is 0 Å². The first-order valence-electron chi connectivity index (χ1n) is 2.40.